The minimum atomic E-state index is -0.126. The van der Waals surface area contributed by atoms with Crippen LogP contribution >= 0.6 is 35.0 Å². The van der Waals surface area contributed by atoms with Gasteiger partial charge in [-0.2, -0.15) is 0 Å². The van der Waals surface area contributed by atoms with Gasteiger partial charge in [0.05, 0.1) is 5.75 Å². The number of hydrogen-bond donors (Lipinski definition) is 1. The summed E-state index contributed by atoms with van der Waals surface area (Å²) in [6.07, 6.45) is 0. The number of carbonyl (C=O) groups excluding carboxylic acids is 1. The Labute approximate surface area is 178 Å². The minimum absolute atomic E-state index is 0.126. The molecule has 3 aromatic rings. The zero-order valence-electron chi connectivity index (χ0n) is 15.5. The van der Waals surface area contributed by atoms with Crippen LogP contribution in [0.3, 0.4) is 0 Å². The van der Waals surface area contributed by atoms with Gasteiger partial charge in [0.1, 0.15) is 0 Å². The summed E-state index contributed by atoms with van der Waals surface area (Å²) in [7, 11) is 0. The van der Waals surface area contributed by atoms with Gasteiger partial charge in [0.15, 0.2) is 11.0 Å². The van der Waals surface area contributed by atoms with E-state index in [2.05, 4.69) is 29.4 Å². The Morgan fingerprint density at radius 1 is 1.11 bits per heavy atom. The van der Waals surface area contributed by atoms with E-state index < -0.39 is 0 Å². The number of benzene rings is 2. The molecule has 28 heavy (non-hydrogen) atoms. The maximum atomic E-state index is 12.3. The fraction of sp³-hybridized carbons (Fsp3) is 0.250. The summed E-state index contributed by atoms with van der Waals surface area (Å²) in [5.74, 6) is 1.27. The third-order valence-corrected chi connectivity index (χ3v) is 5.26. The summed E-state index contributed by atoms with van der Waals surface area (Å²) in [5.41, 5.74) is 1.61. The van der Waals surface area contributed by atoms with Gasteiger partial charge in [0, 0.05) is 27.8 Å². The number of halogens is 2. The predicted octanol–water partition coefficient (Wildman–Crippen LogP) is 5.64. The monoisotopic (exact) mass is 434 g/mol. The highest BCUT2D eigenvalue weighted by Crippen LogP contribution is 2.26. The molecule has 5 nitrogen and oxygen atoms in total. The first-order chi connectivity index (χ1) is 13.4. The molecule has 0 bridgehead atoms. The molecule has 0 spiro atoms. The van der Waals surface area contributed by atoms with E-state index in [0.29, 0.717) is 26.8 Å². The zero-order chi connectivity index (χ0) is 20.1. The summed E-state index contributed by atoms with van der Waals surface area (Å²) in [5, 5.41) is 13.4. The fourth-order valence-corrected chi connectivity index (χ4v) is 3.70. The SMILES string of the molecule is CC(C)Cn1c(SCC(=O)Nc2cccc(Cl)c2)nnc1-c1ccc(Cl)cc1. The molecule has 1 aromatic heterocycles. The van der Waals surface area contributed by atoms with E-state index in [4.69, 9.17) is 23.2 Å². The smallest absolute Gasteiger partial charge is 0.234 e. The molecule has 146 valence electrons. The van der Waals surface area contributed by atoms with Gasteiger partial charge in [-0.1, -0.05) is 54.9 Å². The van der Waals surface area contributed by atoms with Crippen LogP contribution in [-0.2, 0) is 11.3 Å². The lowest BCUT2D eigenvalue weighted by Gasteiger charge is -2.12. The molecular formula is C20H20Cl2N4OS. The van der Waals surface area contributed by atoms with Crippen LogP contribution in [0.4, 0.5) is 5.69 Å². The lowest BCUT2D eigenvalue weighted by molar-refractivity contribution is -0.113. The Hall–Kier alpha value is -2.02. The molecule has 1 heterocycles. The highest BCUT2D eigenvalue weighted by molar-refractivity contribution is 7.99. The number of anilines is 1. The lowest BCUT2D eigenvalue weighted by atomic mass is 10.2. The van der Waals surface area contributed by atoms with Crippen molar-refractivity contribution in [2.45, 2.75) is 25.5 Å². The van der Waals surface area contributed by atoms with Crippen LogP contribution in [0.15, 0.2) is 53.7 Å². The van der Waals surface area contributed by atoms with Crippen LogP contribution in [-0.4, -0.2) is 26.4 Å². The summed E-state index contributed by atoms with van der Waals surface area (Å²) >= 11 is 13.3. The second-order valence-electron chi connectivity index (χ2n) is 6.66. The van der Waals surface area contributed by atoms with Crippen molar-refractivity contribution >= 4 is 46.6 Å². The lowest BCUT2D eigenvalue weighted by Crippen LogP contribution is -2.15. The van der Waals surface area contributed by atoms with Gasteiger partial charge in [-0.05, 0) is 48.4 Å². The first-order valence-electron chi connectivity index (χ1n) is 8.79. The zero-order valence-corrected chi connectivity index (χ0v) is 17.9. The maximum Gasteiger partial charge on any atom is 0.234 e. The first kappa shape index (κ1) is 20.7. The normalized spacial score (nSPS) is 11.0. The molecule has 0 saturated heterocycles. The topological polar surface area (TPSA) is 59.8 Å². The summed E-state index contributed by atoms with van der Waals surface area (Å²) < 4.78 is 2.05. The van der Waals surface area contributed by atoms with Crippen LogP contribution < -0.4 is 5.32 Å². The second kappa shape index (κ2) is 9.45. The van der Waals surface area contributed by atoms with Crippen molar-refractivity contribution in [3.63, 3.8) is 0 Å². The molecule has 2 aromatic carbocycles. The third kappa shape index (κ3) is 5.50. The number of carbonyl (C=O) groups is 1. The number of aromatic nitrogens is 3. The number of nitrogens with one attached hydrogen (secondary N) is 1. The average molecular weight is 435 g/mol. The average Bonchev–Trinajstić information content (AvgIpc) is 3.02. The Morgan fingerprint density at radius 3 is 2.54 bits per heavy atom. The highest BCUT2D eigenvalue weighted by atomic mass is 35.5. The Bertz CT molecular complexity index is 957. The standard InChI is InChI=1S/C20H20Cl2N4OS/c1-13(2)11-26-19(14-6-8-15(21)9-7-14)24-25-20(26)28-12-18(27)23-17-5-3-4-16(22)10-17/h3-10,13H,11-12H2,1-2H3,(H,23,27). The van der Waals surface area contributed by atoms with Crippen LogP contribution in [0.25, 0.3) is 11.4 Å². The maximum absolute atomic E-state index is 12.3. The Kier molecular flexibility index (Phi) is 6.99. The van der Waals surface area contributed by atoms with Gasteiger partial charge in [-0.15, -0.1) is 10.2 Å². The summed E-state index contributed by atoms with van der Waals surface area (Å²) in [6, 6.07) is 14.6. The number of rotatable bonds is 7. The van der Waals surface area contributed by atoms with Crippen molar-refractivity contribution in [2.75, 3.05) is 11.1 Å². The van der Waals surface area contributed by atoms with E-state index in [1.807, 2.05) is 28.8 Å². The quantitative estimate of drug-likeness (QED) is 0.488. The van der Waals surface area contributed by atoms with Gasteiger partial charge >= 0.3 is 0 Å². The molecule has 0 aliphatic rings. The van der Waals surface area contributed by atoms with Crippen molar-refractivity contribution in [1.29, 1.82) is 0 Å². The molecule has 8 heteroatoms. The van der Waals surface area contributed by atoms with E-state index in [-0.39, 0.29) is 11.7 Å². The molecule has 0 radical (unpaired) electrons. The first-order valence-corrected chi connectivity index (χ1v) is 10.5. The molecule has 1 N–H and O–H groups in total. The second-order valence-corrected chi connectivity index (χ2v) is 8.48. The van der Waals surface area contributed by atoms with Crippen LogP contribution in [0.2, 0.25) is 10.0 Å². The van der Waals surface area contributed by atoms with E-state index >= 15 is 0 Å². The third-order valence-electron chi connectivity index (χ3n) is 3.81. The van der Waals surface area contributed by atoms with E-state index in [0.717, 1.165) is 17.9 Å². The fourth-order valence-electron chi connectivity index (χ4n) is 2.63. The molecule has 0 aliphatic carbocycles. The molecule has 3 rings (SSSR count). The molecule has 0 fully saturated rings. The van der Waals surface area contributed by atoms with E-state index in [1.54, 1.807) is 24.3 Å². The molecular weight excluding hydrogens is 415 g/mol. The van der Waals surface area contributed by atoms with Gasteiger partial charge in [-0.25, -0.2) is 0 Å². The summed E-state index contributed by atoms with van der Waals surface area (Å²) in [6.45, 7) is 5.01. The van der Waals surface area contributed by atoms with Crippen molar-refractivity contribution < 1.29 is 4.79 Å². The van der Waals surface area contributed by atoms with Crippen molar-refractivity contribution in [1.82, 2.24) is 14.8 Å². The number of nitrogens with zero attached hydrogens (tertiary/aromatic N) is 3. The minimum Gasteiger partial charge on any atom is -0.325 e. The van der Waals surface area contributed by atoms with Crippen LogP contribution in [0, 0.1) is 5.92 Å². The van der Waals surface area contributed by atoms with Crippen molar-refractivity contribution in [3.05, 3.63) is 58.6 Å². The van der Waals surface area contributed by atoms with Gasteiger partial charge in [0.2, 0.25) is 5.91 Å². The summed E-state index contributed by atoms with van der Waals surface area (Å²) in [4.78, 5) is 12.3. The molecule has 0 saturated carbocycles. The molecule has 0 unspecified atom stereocenters. The van der Waals surface area contributed by atoms with Gasteiger partial charge < -0.3 is 9.88 Å². The van der Waals surface area contributed by atoms with Crippen molar-refractivity contribution in [2.24, 2.45) is 5.92 Å². The highest BCUT2D eigenvalue weighted by Gasteiger charge is 2.16. The molecule has 0 aliphatic heterocycles. The number of thioether (sulfide) groups is 1. The molecule has 1 amide bonds. The largest absolute Gasteiger partial charge is 0.325 e. The van der Waals surface area contributed by atoms with Crippen LogP contribution in [0.1, 0.15) is 13.8 Å². The van der Waals surface area contributed by atoms with Gasteiger partial charge in [-0.3, -0.25) is 4.79 Å². The van der Waals surface area contributed by atoms with Crippen molar-refractivity contribution in [3.8, 4) is 11.4 Å². The Balaban J connectivity index is 1.74. The number of hydrogen-bond acceptors (Lipinski definition) is 4. The predicted molar refractivity (Wildman–Crippen MR) is 116 cm³/mol. The van der Waals surface area contributed by atoms with Crippen LogP contribution in [0.5, 0.6) is 0 Å². The van der Waals surface area contributed by atoms with Gasteiger partial charge in [0.25, 0.3) is 0 Å². The molecule has 0 atom stereocenters. The van der Waals surface area contributed by atoms with E-state index in [9.17, 15) is 4.79 Å². The number of amides is 1. The Morgan fingerprint density at radius 2 is 1.86 bits per heavy atom. The van der Waals surface area contributed by atoms with E-state index in [1.165, 1.54) is 11.8 Å².